The minimum absolute atomic E-state index is 0.0923. The minimum atomic E-state index is -0.814. The summed E-state index contributed by atoms with van der Waals surface area (Å²) in [4.78, 5) is 26.8. The van der Waals surface area contributed by atoms with Crippen molar-refractivity contribution >= 4 is 22.8 Å². The number of ether oxygens (including phenoxy) is 1. The molecule has 0 bridgehead atoms. The van der Waals surface area contributed by atoms with Gasteiger partial charge in [0.15, 0.2) is 0 Å². The first kappa shape index (κ1) is 25.0. The van der Waals surface area contributed by atoms with Crippen LogP contribution in [0.1, 0.15) is 51.7 Å². The highest BCUT2D eigenvalue weighted by Crippen LogP contribution is 2.27. The first-order valence-electron chi connectivity index (χ1n) is 11.9. The average Bonchev–Trinajstić information content (AvgIpc) is 3.17. The molecule has 6 nitrogen and oxygen atoms in total. The van der Waals surface area contributed by atoms with E-state index in [9.17, 15) is 14.0 Å². The van der Waals surface area contributed by atoms with Gasteiger partial charge < -0.3 is 20.1 Å². The van der Waals surface area contributed by atoms with E-state index in [-0.39, 0.29) is 18.1 Å². The van der Waals surface area contributed by atoms with E-state index in [1.165, 1.54) is 12.1 Å². The molecular weight excluding hydrogens is 459 g/mol. The minimum Gasteiger partial charge on any atom is -0.481 e. The molecule has 0 saturated carbocycles. The second-order valence-corrected chi connectivity index (χ2v) is 8.93. The first-order chi connectivity index (χ1) is 17.2. The lowest BCUT2D eigenvalue weighted by molar-refractivity contribution is -0.136. The van der Waals surface area contributed by atoms with Crippen molar-refractivity contribution < 1.29 is 23.8 Å². The predicted octanol–water partition coefficient (Wildman–Crippen LogP) is 6.23. The summed E-state index contributed by atoms with van der Waals surface area (Å²) < 4.78 is 19.7. The Bertz CT molecular complexity index is 1440. The number of aryl methyl sites for hydroxylation is 4. The molecule has 4 rings (SSSR count). The molecule has 4 aromatic rings. The van der Waals surface area contributed by atoms with Crippen molar-refractivity contribution in [2.45, 2.75) is 46.6 Å². The molecule has 7 heteroatoms. The van der Waals surface area contributed by atoms with Crippen molar-refractivity contribution in [2.75, 3.05) is 0 Å². The summed E-state index contributed by atoms with van der Waals surface area (Å²) in [5.74, 6) is -0.0999. The summed E-state index contributed by atoms with van der Waals surface area (Å²) >= 11 is 0. The van der Waals surface area contributed by atoms with E-state index in [1.807, 2.05) is 50.2 Å². The van der Waals surface area contributed by atoms with Gasteiger partial charge in [-0.25, -0.2) is 4.39 Å². The monoisotopic (exact) mass is 488 g/mol. The van der Waals surface area contributed by atoms with Crippen LogP contribution in [0.25, 0.3) is 10.9 Å². The number of aromatic nitrogens is 1. The third kappa shape index (κ3) is 5.74. The molecule has 0 aliphatic carbocycles. The zero-order valence-corrected chi connectivity index (χ0v) is 20.6. The van der Waals surface area contributed by atoms with Crippen LogP contribution >= 0.6 is 0 Å². The molecule has 3 aromatic carbocycles. The van der Waals surface area contributed by atoms with Gasteiger partial charge in [-0.15, -0.1) is 0 Å². The number of amides is 1. The van der Waals surface area contributed by atoms with E-state index in [2.05, 4.69) is 10.3 Å². The van der Waals surface area contributed by atoms with Gasteiger partial charge in [-0.1, -0.05) is 19.1 Å². The lowest BCUT2D eigenvalue weighted by Crippen LogP contribution is -2.23. The largest absolute Gasteiger partial charge is 0.481 e. The molecule has 1 amide bonds. The maximum absolute atomic E-state index is 13.6. The van der Waals surface area contributed by atoms with Crippen LogP contribution in [0.3, 0.4) is 0 Å². The third-order valence-electron chi connectivity index (χ3n) is 6.21. The molecule has 1 heterocycles. The summed E-state index contributed by atoms with van der Waals surface area (Å²) in [6, 6.07) is 15.9. The molecule has 36 heavy (non-hydrogen) atoms. The second-order valence-electron chi connectivity index (χ2n) is 8.93. The van der Waals surface area contributed by atoms with Gasteiger partial charge in [-0.3, -0.25) is 9.59 Å². The third-order valence-corrected chi connectivity index (χ3v) is 6.21. The fraction of sp³-hybridized carbons (Fsp3) is 0.241. The van der Waals surface area contributed by atoms with E-state index in [1.54, 1.807) is 13.0 Å². The van der Waals surface area contributed by atoms with Crippen LogP contribution in [0.15, 0.2) is 54.6 Å². The summed E-state index contributed by atoms with van der Waals surface area (Å²) in [6.07, 6.45) is 1.35. The number of H-pyrrole nitrogens is 1. The van der Waals surface area contributed by atoms with E-state index in [0.717, 1.165) is 28.7 Å². The number of hydrogen-bond donors (Lipinski definition) is 3. The zero-order chi connectivity index (χ0) is 25.8. The Balaban J connectivity index is 1.47. The van der Waals surface area contributed by atoms with Gasteiger partial charge in [0.1, 0.15) is 23.0 Å². The number of carbonyl (C=O) groups is 2. The van der Waals surface area contributed by atoms with Crippen molar-refractivity contribution in [2.24, 2.45) is 0 Å². The SMILES string of the molecule is CCc1cc(Oc2cc(C)cc(CNC(=O)c3[nH]c4ccc(F)cc4c3C)c2)ccc1CCC(=O)O. The van der Waals surface area contributed by atoms with Gasteiger partial charge in [0.05, 0.1) is 0 Å². The van der Waals surface area contributed by atoms with Gasteiger partial charge in [0.25, 0.3) is 5.91 Å². The summed E-state index contributed by atoms with van der Waals surface area (Å²) in [7, 11) is 0. The van der Waals surface area contributed by atoms with Gasteiger partial charge in [0, 0.05) is 23.9 Å². The number of carboxylic acids is 1. The summed E-state index contributed by atoms with van der Waals surface area (Å²) in [5, 5.41) is 12.6. The highest BCUT2D eigenvalue weighted by Gasteiger charge is 2.15. The predicted molar refractivity (Wildman–Crippen MR) is 137 cm³/mol. The smallest absolute Gasteiger partial charge is 0.303 e. The highest BCUT2D eigenvalue weighted by molar-refractivity contribution is 6.00. The number of hydrogen-bond acceptors (Lipinski definition) is 3. The number of halogens is 1. The molecular formula is C29H29FN2O4. The van der Waals surface area contributed by atoms with Crippen LogP contribution in [0, 0.1) is 19.7 Å². The van der Waals surface area contributed by atoms with Crippen LogP contribution in [0.2, 0.25) is 0 Å². The maximum atomic E-state index is 13.6. The van der Waals surface area contributed by atoms with Crippen LogP contribution in [0.5, 0.6) is 11.5 Å². The maximum Gasteiger partial charge on any atom is 0.303 e. The Morgan fingerprint density at radius 1 is 1.00 bits per heavy atom. The molecule has 0 aliphatic rings. The fourth-order valence-corrected chi connectivity index (χ4v) is 4.40. The molecule has 3 N–H and O–H groups in total. The molecule has 0 aliphatic heterocycles. The standard InChI is InChI=1S/C29H29FN2O4/c1-4-20-14-23(8-5-21(20)6-10-27(33)34)36-24-12-17(2)11-19(13-24)16-31-29(35)28-18(3)25-15-22(30)7-9-26(25)32-28/h5,7-9,11-15,32H,4,6,10,16H2,1-3H3,(H,31,35)(H,33,34). The second kappa shape index (κ2) is 10.6. The van der Waals surface area contributed by atoms with E-state index >= 15 is 0 Å². The fourth-order valence-electron chi connectivity index (χ4n) is 4.40. The highest BCUT2D eigenvalue weighted by atomic mass is 19.1. The Labute approximate surface area is 209 Å². The van der Waals surface area contributed by atoms with Crippen LogP contribution in [-0.4, -0.2) is 22.0 Å². The number of aliphatic carboxylic acids is 1. The number of benzene rings is 3. The normalized spacial score (nSPS) is 11.0. The van der Waals surface area contributed by atoms with Crippen LogP contribution in [0.4, 0.5) is 4.39 Å². The molecule has 0 spiro atoms. The molecule has 0 radical (unpaired) electrons. The summed E-state index contributed by atoms with van der Waals surface area (Å²) in [5.41, 5.74) is 5.77. The zero-order valence-electron chi connectivity index (χ0n) is 20.6. The van der Waals surface area contributed by atoms with Gasteiger partial charge in [-0.05, 0) is 97.0 Å². The summed E-state index contributed by atoms with van der Waals surface area (Å²) in [6.45, 7) is 6.08. The Hall–Kier alpha value is -4.13. The Morgan fingerprint density at radius 2 is 1.81 bits per heavy atom. The van der Waals surface area contributed by atoms with E-state index in [0.29, 0.717) is 46.6 Å². The number of carbonyl (C=O) groups excluding carboxylic acids is 1. The van der Waals surface area contributed by atoms with Crippen molar-refractivity contribution in [1.82, 2.24) is 10.3 Å². The van der Waals surface area contributed by atoms with Gasteiger partial charge in [-0.2, -0.15) is 0 Å². The topological polar surface area (TPSA) is 91.4 Å². The molecule has 1 aromatic heterocycles. The molecule has 0 fully saturated rings. The van der Waals surface area contributed by atoms with Crippen molar-refractivity contribution in [3.05, 3.63) is 93.9 Å². The molecule has 0 atom stereocenters. The number of rotatable bonds is 9. The van der Waals surface area contributed by atoms with Gasteiger partial charge in [0.2, 0.25) is 0 Å². The molecule has 186 valence electrons. The van der Waals surface area contributed by atoms with E-state index < -0.39 is 5.97 Å². The van der Waals surface area contributed by atoms with Crippen molar-refractivity contribution in [3.63, 3.8) is 0 Å². The quantitative estimate of drug-likeness (QED) is 0.261. The van der Waals surface area contributed by atoms with E-state index in [4.69, 9.17) is 9.84 Å². The van der Waals surface area contributed by atoms with Crippen molar-refractivity contribution in [3.8, 4) is 11.5 Å². The number of nitrogens with one attached hydrogen (secondary N) is 2. The lowest BCUT2D eigenvalue weighted by Gasteiger charge is -2.13. The first-order valence-corrected chi connectivity index (χ1v) is 11.9. The molecule has 0 saturated heterocycles. The lowest BCUT2D eigenvalue weighted by atomic mass is 10.0. The number of fused-ring (bicyclic) bond motifs is 1. The molecule has 0 unspecified atom stereocenters. The van der Waals surface area contributed by atoms with Crippen LogP contribution < -0.4 is 10.1 Å². The Morgan fingerprint density at radius 3 is 2.56 bits per heavy atom. The number of aromatic amines is 1. The average molecular weight is 489 g/mol. The van der Waals surface area contributed by atoms with Crippen molar-refractivity contribution in [1.29, 1.82) is 0 Å². The van der Waals surface area contributed by atoms with Crippen LogP contribution in [-0.2, 0) is 24.2 Å². The Kier molecular flexibility index (Phi) is 7.38. The van der Waals surface area contributed by atoms with Gasteiger partial charge >= 0.3 is 5.97 Å². The number of carboxylic acid groups (broad SMARTS) is 1.